The van der Waals surface area contributed by atoms with Crippen molar-refractivity contribution in [1.82, 2.24) is 10.2 Å². The zero-order valence-corrected chi connectivity index (χ0v) is 8.97. The largest absolute Gasteiger partial charge is 0.336 e. The van der Waals surface area contributed by atoms with Crippen LogP contribution in [0.2, 0.25) is 0 Å². The predicted octanol–water partition coefficient (Wildman–Crippen LogP) is 0.917. The highest BCUT2D eigenvalue weighted by Gasteiger charge is 2.27. The summed E-state index contributed by atoms with van der Waals surface area (Å²) < 4.78 is 0. The van der Waals surface area contributed by atoms with E-state index in [9.17, 15) is 4.79 Å². The lowest BCUT2D eigenvalue weighted by atomic mass is 10.0. The highest BCUT2D eigenvalue weighted by molar-refractivity contribution is 5.94. The molecule has 78 valence electrons. The minimum atomic E-state index is 0.256. The van der Waals surface area contributed by atoms with E-state index in [0.717, 1.165) is 38.0 Å². The zero-order valence-electron chi connectivity index (χ0n) is 8.97. The molecule has 0 spiro atoms. The molecule has 1 amide bonds. The monoisotopic (exact) mass is 194 g/mol. The van der Waals surface area contributed by atoms with Gasteiger partial charge in [-0.25, -0.2) is 0 Å². The molecule has 0 aromatic rings. The van der Waals surface area contributed by atoms with Crippen LogP contribution < -0.4 is 5.32 Å². The molecular formula is C11H18N2O. The first-order valence-corrected chi connectivity index (χ1v) is 5.40. The molecule has 2 rings (SSSR count). The van der Waals surface area contributed by atoms with Gasteiger partial charge in [0.2, 0.25) is 5.91 Å². The molecule has 0 saturated carbocycles. The van der Waals surface area contributed by atoms with Gasteiger partial charge in [-0.15, -0.1) is 0 Å². The number of rotatable bonds is 1. The normalized spacial score (nSPS) is 26.3. The van der Waals surface area contributed by atoms with Crippen LogP contribution in [0.1, 0.15) is 26.7 Å². The van der Waals surface area contributed by atoms with Gasteiger partial charge in [0.15, 0.2) is 0 Å². The number of nitrogens with zero attached hydrogens (tertiary/aromatic N) is 1. The van der Waals surface area contributed by atoms with Crippen LogP contribution in [0.3, 0.4) is 0 Å². The lowest BCUT2D eigenvalue weighted by molar-refractivity contribution is -0.127. The second kappa shape index (κ2) is 3.73. The molecule has 1 atom stereocenters. The van der Waals surface area contributed by atoms with Crippen molar-refractivity contribution >= 4 is 5.91 Å². The standard InChI is InChI=1S/C11H18N2O/c1-8-4-3-5-13(8)11(14)9(2)10-6-12-7-10/h8,12H,3-7H2,1-2H3. The first-order chi connectivity index (χ1) is 6.70. The van der Waals surface area contributed by atoms with E-state index in [1.165, 1.54) is 5.57 Å². The minimum absolute atomic E-state index is 0.256. The Labute approximate surface area is 85.2 Å². The fourth-order valence-electron chi connectivity index (χ4n) is 2.12. The average Bonchev–Trinajstić information content (AvgIpc) is 2.47. The van der Waals surface area contributed by atoms with Crippen molar-refractivity contribution in [1.29, 1.82) is 0 Å². The molecule has 1 N–H and O–H groups in total. The second-order valence-corrected chi connectivity index (χ2v) is 4.32. The van der Waals surface area contributed by atoms with E-state index in [1.54, 1.807) is 0 Å². The van der Waals surface area contributed by atoms with Crippen LogP contribution in [-0.4, -0.2) is 36.5 Å². The third kappa shape index (κ3) is 1.57. The smallest absolute Gasteiger partial charge is 0.249 e. The summed E-state index contributed by atoms with van der Waals surface area (Å²) in [7, 11) is 0. The molecule has 1 unspecified atom stereocenters. The molecule has 3 nitrogen and oxygen atoms in total. The van der Waals surface area contributed by atoms with Crippen LogP contribution in [0.4, 0.5) is 0 Å². The van der Waals surface area contributed by atoms with Gasteiger partial charge in [0, 0.05) is 31.2 Å². The van der Waals surface area contributed by atoms with Gasteiger partial charge in [0.25, 0.3) is 0 Å². The van der Waals surface area contributed by atoms with E-state index in [4.69, 9.17) is 0 Å². The van der Waals surface area contributed by atoms with Gasteiger partial charge in [0.1, 0.15) is 0 Å². The maximum Gasteiger partial charge on any atom is 0.249 e. The molecule has 14 heavy (non-hydrogen) atoms. The number of carbonyl (C=O) groups is 1. The highest BCUT2D eigenvalue weighted by atomic mass is 16.2. The maximum absolute atomic E-state index is 12.0. The van der Waals surface area contributed by atoms with E-state index in [2.05, 4.69) is 12.2 Å². The van der Waals surface area contributed by atoms with Gasteiger partial charge in [-0.05, 0) is 32.3 Å². The first-order valence-electron chi connectivity index (χ1n) is 5.40. The van der Waals surface area contributed by atoms with Gasteiger partial charge in [0.05, 0.1) is 0 Å². The van der Waals surface area contributed by atoms with E-state index < -0.39 is 0 Å². The molecule has 0 aromatic carbocycles. The predicted molar refractivity (Wildman–Crippen MR) is 56.0 cm³/mol. The van der Waals surface area contributed by atoms with Gasteiger partial charge in [-0.3, -0.25) is 4.79 Å². The molecule has 2 heterocycles. The summed E-state index contributed by atoms with van der Waals surface area (Å²) in [6.45, 7) is 6.85. The minimum Gasteiger partial charge on any atom is -0.336 e. The van der Waals surface area contributed by atoms with E-state index in [-0.39, 0.29) is 5.91 Å². The van der Waals surface area contributed by atoms with E-state index in [1.807, 2.05) is 11.8 Å². The van der Waals surface area contributed by atoms with Gasteiger partial charge < -0.3 is 10.2 Å². The zero-order chi connectivity index (χ0) is 10.1. The van der Waals surface area contributed by atoms with Crippen molar-refractivity contribution in [3.63, 3.8) is 0 Å². The molecule has 0 aromatic heterocycles. The highest BCUT2D eigenvalue weighted by Crippen LogP contribution is 2.20. The third-order valence-electron chi connectivity index (χ3n) is 3.34. The van der Waals surface area contributed by atoms with Crippen molar-refractivity contribution in [3.05, 3.63) is 11.1 Å². The van der Waals surface area contributed by atoms with Crippen molar-refractivity contribution in [2.45, 2.75) is 32.7 Å². The van der Waals surface area contributed by atoms with Gasteiger partial charge in [-0.2, -0.15) is 0 Å². The summed E-state index contributed by atoms with van der Waals surface area (Å²) in [5.74, 6) is 0.256. The fourth-order valence-corrected chi connectivity index (χ4v) is 2.12. The summed E-state index contributed by atoms with van der Waals surface area (Å²) >= 11 is 0. The Bertz CT molecular complexity index is 277. The quantitative estimate of drug-likeness (QED) is 0.629. The second-order valence-electron chi connectivity index (χ2n) is 4.32. The molecule has 3 heteroatoms. The van der Waals surface area contributed by atoms with Crippen molar-refractivity contribution in [2.75, 3.05) is 19.6 Å². The van der Waals surface area contributed by atoms with Crippen molar-refractivity contribution < 1.29 is 4.79 Å². The lowest BCUT2D eigenvalue weighted by Gasteiger charge is -2.26. The number of amides is 1. The topological polar surface area (TPSA) is 32.3 Å². The maximum atomic E-state index is 12.0. The molecule has 0 aliphatic carbocycles. The molecular weight excluding hydrogens is 176 g/mol. The van der Waals surface area contributed by atoms with Crippen molar-refractivity contribution in [2.24, 2.45) is 0 Å². The summed E-state index contributed by atoms with van der Waals surface area (Å²) in [6.07, 6.45) is 2.32. The molecule has 2 fully saturated rings. The van der Waals surface area contributed by atoms with E-state index >= 15 is 0 Å². The number of carbonyl (C=O) groups excluding carboxylic acids is 1. The first kappa shape index (κ1) is 9.71. The van der Waals surface area contributed by atoms with Crippen LogP contribution in [0, 0.1) is 0 Å². The number of hydrogen-bond acceptors (Lipinski definition) is 2. The van der Waals surface area contributed by atoms with Gasteiger partial charge >= 0.3 is 0 Å². The average molecular weight is 194 g/mol. The molecule has 2 aliphatic heterocycles. The van der Waals surface area contributed by atoms with Crippen LogP contribution in [-0.2, 0) is 4.79 Å². The van der Waals surface area contributed by atoms with E-state index in [0.29, 0.717) is 6.04 Å². The Morgan fingerprint density at radius 3 is 2.64 bits per heavy atom. The summed E-state index contributed by atoms with van der Waals surface area (Å²) in [6, 6.07) is 0.436. The van der Waals surface area contributed by atoms with Crippen LogP contribution in [0.5, 0.6) is 0 Å². The van der Waals surface area contributed by atoms with Crippen molar-refractivity contribution in [3.8, 4) is 0 Å². The molecule has 0 bridgehead atoms. The van der Waals surface area contributed by atoms with Crippen LogP contribution >= 0.6 is 0 Å². The van der Waals surface area contributed by atoms with Crippen LogP contribution in [0.15, 0.2) is 11.1 Å². The molecule has 0 radical (unpaired) electrons. The Balaban J connectivity index is 2.07. The molecule has 2 saturated heterocycles. The summed E-state index contributed by atoms with van der Waals surface area (Å²) in [5, 5.41) is 3.17. The van der Waals surface area contributed by atoms with Crippen LogP contribution in [0.25, 0.3) is 0 Å². The Hall–Kier alpha value is -0.830. The number of hydrogen-bond donors (Lipinski definition) is 1. The SMILES string of the molecule is CC(C(=O)N1CCCC1C)=C1CNC1. The fraction of sp³-hybridized carbons (Fsp3) is 0.727. The Morgan fingerprint density at radius 2 is 2.21 bits per heavy atom. The lowest BCUT2D eigenvalue weighted by Crippen LogP contribution is -2.40. The summed E-state index contributed by atoms with van der Waals surface area (Å²) in [4.78, 5) is 14.0. The number of nitrogens with one attached hydrogen (secondary N) is 1. The Kier molecular flexibility index (Phi) is 2.59. The number of likely N-dealkylation sites (tertiary alicyclic amines) is 1. The van der Waals surface area contributed by atoms with Gasteiger partial charge in [-0.1, -0.05) is 0 Å². The molecule has 2 aliphatic rings. The summed E-state index contributed by atoms with van der Waals surface area (Å²) in [5.41, 5.74) is 2.26. The Morgan fingerprint density at radius 1 is 1.50 bits per heavy atom. The third-order valence-corrected chi connectivity index (χ3v) is 3.34.